The first kappa shape index (κ1) is 38.3. The van der Waals surface area contributed by atoms with E-state index in [0.29, 0.717) is 12.1 Å². The van der Waals surface area contributed by atoms with E-state index in [0.717, 1.165) is 12.8 Å². The Hall–Kier alpha value is -2.74. The Balaban J connectivity index is 0.000000622. The first-order valence-electron chi connectivity index (χ1n) is 13.4. The van der Waals surface area contributed by atoms with Gasteiger partial charge >= 0.3 is 30.2 Å². The van der Waals surface area contributed by atoms with Crippen molar-refractivity contribution in [2.45, 2.75) is 52.6 Å². The first-order chi connectivity index (χ1) is 19.1. The molecule has 0 aliphatic heterocycles. The first-order valence-corrected chi connectivity index (χ1v) is 19.3. The Morgan fingerprint density at radius 1 is 0.707 bits per heavy atom. The zero-order chi connectivity index (χ0) is 28.3. The monoisotopic (exact) mass is 633 g/mol. The summed E-state index contributed by atoms with van der Waals surface area (Å²) in [5.74, 6) is 0. The molecule has 1 nitrogen and oxygen atoms in total. The number of hydrogen-bond donors (Lipinski definition) is 0. The van der Waals surface area contributed by atoms with E-state index in [1.165, 1.54) is 27.9 Å². The van der Waals surface area contributed by atoms with E-state index in [1.54, 1.807) is 23.3 Å². The van der Waals surface area contributed by atoms with Gasteiger partial charge < -0.3 is 19.8 Å². The summed E-state index contributed by atoms with van der Waals surface area (Å²) in [6, 6.07) is 42.8. The van der Waals surface area contributed by atoms with Crippen LogP contribution in [0.4, 0.5) is 5.69 Å². The van der Waals surface area contributed by atoms with Crippen LogP contribution in [-0.4, -0.2) is 19.0 Å². The van der Waals surface area contributed by atoms with Gasteiger partial charge in [-0.2, -0.15) is 91.0 Å². The van der Waals surface area contributed by atoms with Crippen molar-refractivity contribution >= 4 is 12.6 Å². The summed E-state index contributed by atoms with van der Waals surface area (Å²) in [7, 11) is 0. The molecule has 216 valence electrons. The summed E-state index contributed by atoms with van der Waals surface area (Å²) in [4.78, 5) is 2.43. The quantitative estimate of drug-likeness (QED) is 0.141. The minimum Gasteiger partial charge on any atom is -0.184 e. The normalized spacial score (nSPS) is 10.8. The maximum atomic E-state index is 3.66. The van der Waals surface area contributed by atoms with Crippen molar-refractivity contribution in [1.29, 1.82) is 0 Å². The van der Waals surface area contributed by atoms with Gasteiger partial charge in [-0.25, -0.2) is 12.2 Å². The standard InChI is InChI=1S/C19H22N.2C6H5.C5H5.2CH3.H2Si.Zr/c1-13(2)20(14(3)4)17-9-10-19-16(12-17)11-15-7-5-6-8-18(15)19;2*1-2-4-6-5-3-1;1-2-4-5-3-1;;;;/h5-10,13-14H,11H2,1-4H3;2*1-5H;1-3H,4H2;2*1H3;1H2;/q6*-1;;. The number of fused-ring (bicyclic) bond motifs is 3. The Kier molecular flexibility index (Phi) is 21.4. The van der Waals surface area contributed by atoms with Gasteiger partial charge in [0.15, 0.2) is 0 Å². The molecule has 0 aromatic heterocycles. The largest absolute Gasteiger partial charge is 0.184 e. The SMILES string of the molecule is CC(C)N(c1[c-]c2c(cc1)-c1ccccc1C2)C(C)C.[C-]1=CC=CC1.[CH3-].[CH3-].[SiH2]=[Zr].[c-]1ccccc1.[c-]1ccccc1. The molecule has 0 spiro atoms. The molecular weight excluding hydrogens is 590 g/mol. The Morgan fingerprint density at radius 2 is 1.27 bits per heavy atom. The predicted molar refractivity (Wildman–Crippen MR) is 180 cm³/mol. The average molecular weight is 635 g/mol. The predicted octanol–water partition coefficient (Wildman–Crippen LogP) is 8.94. The molecule has 0 amide bonds. The van der Waals surface area contributed by atoms with Crippen molar-refractivity contribution in [3.63, 3.8) is 0 Å². The van der Waals surface area contributed by atoms with Gasteiger partial charge in [0.05, 0.1) is 0 Å². The summed E-state index contributed by atoms with van der Waals surface area (Å²) in [6.45, 7) is 10.9. The molecular formula is C38H45NSiZr-6. The van der Waals surface area contributed by atoms with Crippen LogP contribution >= 0.6 is 0 Å². The molecule has 0 radical (unpaired) electrons. The van der Waals surface area contributed by atoms with Crippen LogP contribution in [-0.2, 0) is 29.8 Å². The zero-order valence-corrected chi connectivity index (χ0v) is 29.6. The molecule has 0 saturated heterocycles. The fraction of sp³-hybridized carbons (Fsp3) is 0.211. The van der Waals surface area contributed by atoms with E-state index in [9.17, 15) is 0 Å². The van der Waals surface area contributed by atoms with Crippen molar-refractivity contribution < 1.29 is 23.3 Å². The summed E-state index contributed by atoms with van der Waals surface area (Å²) in [5, 5.41) is 0. The van der Waals surface area contributed by atoms with E-state index < -0.39 is 0 Å². The van der Waals surface area contributed by atoms with Crippen LogP contribution in [0.1, 0.15) is 45.2 Å². The number of rotatable bonds is 3. The van der Waals surface area contributed by atoms with Crippen LogP contribution in [0.3, 0.4) is 0 Å². The second-order valence-electron chi connectivity index (χ2n) is 9.32. The van der Waals surface area contributed by atoms with E-state index in [4.69, 9.17) is 0 Å². The molecule has 0 atom stereocenters. The summed E-state index contributed by atoms with van der Waals surface area (Å²) in [5.41, 5.74) is 6.73. The number of benzene rings is 4. The third-order valence-electron chi connectivity index (χ3n) is 5.88. The molecule has 0 N–H and O–H groups in total. The average Bonchev–Trinajstić information content (AvgIpc) is 3.68. The molecule has 0 saturated carbocycles. The van der Waals surface area contributed by atoms with Gasteiger partial charge in [-0.05, 0) is 34.1 Å². The Bertz CT molecular complexity index is 1150. The number of hydrogen-bond acceptors (Lipinski definition) is 1. The van der Waals surface area contributed by atoms with Crippen molar-refractivity contribution in [1.82, 2.24) is 0 Å². The van der Waals surface area contributed by atoms with Crippen LogP contribution < -0.4 is 4.90 Å². The smallest absolute Gasteiger partial charge is 0.171 e. The maximum absolute atomic E-state index is 3.66. The van der Waals surface area contributed by atoms with Gasteiger partial charge in [0, 0.05) is 12.1 Å². The summed E-state index contributed by atoms with van der Waals surface area (Å²) < 4.78 is 0. The van der Waals surface area contributed by atoms with Gasteiger partial charge in [-0.1, -0.05) is 41.1 Å². The fourth-order valence-corrected chi connectivity index (χ4v) is 4.37. The van der Waals surface area contributed by atoms with Crippen LogP contribution in [0, 0.1) is 39.1 Å². The van der Waals surface area contributed by atoms with Gasteiger partial charge in [-0.15, -0.1) is 23.6 Å². The van der Waals surface area contributed by atoms with Crippen LogP contribution in [0.15, 0.2) is 115 Å². The Labute approximate surface area is 268 Å². The van der Waals surface area contributed by atoms with Gasteiger partial charge in [-0.3, -0.25) is 6.08 Å². The van der Waals surface area contributed by atoms with Crippen LogP contribution in [0.25, 0.3) is 11.1 Å². The third kappa shape index (κ3) is 13.6. The van der Waals surface area contributed by atoms with Crippen molar-refractivity contribution in [2.75, 3.05) is 4.90 Å². The zero-order valence-electron chi connectivity index (χ0n) is 25.7. The van der Waals surface area contributed by atoms with Gasteiger partial charge in [0.1, 0.15) is 0 Å². The maximum Gasteiger partial charge on any atom is -0.171 e. The van der Waals surface area contributed by atoms with E-state index in [1.807, 2.05) is 79.7 Å². The number of allylic oxidation sites excluding steroid dienone is 4. The second kappa shape index (κ2) is 22.9. The summed E-state index contributed by atoms with van der Waals surface area (Å²) >= 11 is 1.58. The molecule has 0 unspecified atom stereocenters. The minimum atomic E-state index is 0. The molecule has 2 aliphatic carbocycles. The third-order valence-corrected chi connectivity index (χ3v) is 5.88. The topological polar surface area (TPSA) is 3.24 Å². The summed E-state index contributed by atoms with van der Waals surface area (Å²) in [6.07, 6.45) is 11.0. The molecule has 4 aromatic carbocycles. The molecule has 0 bridgehead atoms. The van der Waals surface area contributed by atoms with E-state index >= 15 is 0 Å². The number of nitrogens with zero attached hydrogens (tertiary/aromatic N) is 1. The van der Waals surface area contributed by atoms with Crippen LogP contribution in [0.2, 0.25) is 0 Å². The van der Waals surface area contributed by atoms with Gasteiger partial charge in [0.25, 0.3) is 0 Å². The molecule has 41 heavy (non-hydrogen) atoms. The minimum absolute atomic E-state index is 0. The number of anilines is 1. The molecule has 6 rings (SSSR count). The van der Waals surface area contributed by atoms with E-state index in [-0.39, 0.29) is 14.9 Å². The molecule has 0 heterocycles. The van der Waals surface area contributed by atoms with Crippen molar-refractivity contribution in [3.05, 3.63) is 166 Å². The van der Waals surface area contributed by atoms with Crippen molar-refractivity contribution in [3.8, 4) is 11.1 Å². The van der Waals surface area contributed by atoms with Crippen LogP contribution in [0.5, 0.6) is 0 Å². The molecule has 0 fully saturated rings. The second-order valence-corrected chi connectivity index (χ2v) is 9.32. The molecule has 2 aliphatic rings. The van der Waals surface area contributed by atoms with Crippen molar-refractivity contribution in [2.24, 2.45) is 0 Å². The fourth-order valence-electron chi connectivity index (χ4n) is 4.37. The molecule has 3 heteroatoms. The molecule has 4 aromatic rings. The van der Waals surface area contributed by atoms with E-state index in [2.05, 4.69) is 99.3 Å². The Morgan fingerprint density at radius 3 is 1.66 bits per heavy atom. The van der Waals surface area contributed by atoms with Gasteiger partial charge in [0.2, 0.25) is 0 Å².